The van der Waals surface area contributed by atoms with E-state index < -0.39 is 0 Å². The molecule has 0 aliphatic carbocycles. The highest BCUT2D eigenvalue weighted by atomic mass is 19.1. The van der Waals surface area contributed by atoms with E-state index in [1.807, 2.05) is 20.2 Å². The summed E-state index contributed by atoms with van der Waals surface area (Å²) in [5, 5.41) is 7.11. The molecule has 1 heterocycles. The molecule has 2 rings (SSSR count). The fourth-order valence-electron chi connectivity index (χ4n) is 1.81. The van der Waals surface area contributed by atoms with Crippen LogP contribution in [-0.2, 0) is 13.5 Å². The zero-order chi connectivity index (χ0) is 12.3. The van der Waals surface area contributed by atoms with Crippen molar-refractivity contribution in [1.82, 2.24) is 20.1 Å². The van der Waals surface area contributed by atoms with Gasteiger partial charge in [0.15, 0.2) is 0 Å². The van der Waals surface area contributed by atoms with Crippen LogP contribution >= 0.6 is 0 Å². The first-order valence-electron chi connectivity index (χ1n) is 5.47. The average molecular weight is 234 g/mol. The highest BCUT2D eigenvalue weighted by Crippen LogP contribution is 2.19. The molecule has 0 saturated carbocycles. The molecular formula is C12H15FN4. The lowest BCUT2D eigenvalue weighted by Gasteiger charge is -2.16. The van der Waals surface area contributed by atoms with Gasteiger partial charge in [-0.05, 0) is 13.1 Å². The summed E-state index contributed by atoms with van der Waals surface area (Å²) < 4.78 is 15.4. The summed E-state index contributed by atoms with van der Waals surface area (Å²) in [4.78, 5) is 4.15. The van der Waals surface area contributed by atoms with E-state index in [-0.39, 0.29) is 11.9 Å². The largest absolute Gasteiger partial charge is 0.313 e. The van der Waals surface area contributed by atoms with Crippen molar-refractivity contribution in [2.24, 2.45) is 7.05 Å². The lowest BCUT2D eigenvalue weighted by atomic mass is 10.0. The summed E-state index contributed by atoms with van der Waals surface area (Å²) in [6.07, 6.45) is 2.11. The number of hydrogen-bond donors (Lipinski definition) is 1. The van der Waals surface area contributed by atoms with E-state index in [0.717, 1.165) is 5.82 Å². The van der Waals surface area contributed by atoms with Crippen LogP contribution in [0.4, 0.5) is 4.39 Å². The minimum Gasteiger partial charge on any atom is -0.313 e. The zero-order valence-electron chi connectivity index (χ0n) is 9.89. The number of nitrogens with zero attached hydrogens (tertiary/aromatic N) is 3. The second kappa shape index (κ2) is 5.05. The highest BCUT2D eigenvalue weighted by Gasteiger charge is 2.16. The molecule has 90 valence electrons. The van der Waals surface area contributed by atoms with Gasteiger partial charge in [0.2, 0.25) is 0 Å². The van der Waals surface area contributed by atoms with Crippen LogP contribution in [0.25, 0.3) is 0 Å². The molecule has 0 aliphatic rings. The first-order chi connectivity index (χ1) is 8.22. The summed E-state index contributed by atoms with van der Waals surface area (Å²) in [5.74, 6) is 0.627. The molecule has 0 fully saturated rings. The first kappa shape index (κ1) is 11.7. The van der Waals surface area contributed by atoms with Gasteiger partial charge in [-0.25, -0.2) is 9.37 Å². The van der Waals surface area contributed by atoms with Crippen molar-refractivity contribution in [3.05, 3.63) is 47.8 Å². The molecule has 1 aromatic heterocycles. The molecule has 1 unspecified atom stereocenters. The van der Waals surface area contributed by atoms with E-state index in [1.165, 1.54) is 12.4 Å². The lowest BCUT2D eigenvalue weighted by molar-refractivity contribution is 0.514. The molecular weight excluding hydrogens is 219 g/mol. The van der Waals surface area contributed by atoms with Crippen molar-refractivity contribution in [3.8, 4) is 0 Å². The monoisotopic (exact) mass is 234 g/mol. The van der Waals surface area contributed by atoms with Gasteiger partial charge < -0.3 is 5.32 Å². The van der Waals surface area contributed by atoms with E-state index in [2.05, 4.69) is 15.4 Å². The second-order valence-electron chi connectivity index (χ2n) is 3.87. The number of benzene rings is 1. The molecule has 0 amide bonds. The molecule has 0 saturated heterocycles. The molecule has 17 heavy (non-hydrogen) atoms. The Bertz CT molecular complexity index is 495. The maximum atomic E-state index is 13.7. The number of aromatic nitrogens is 3. The van der Waals surface area contributed by atoms with E-state index in [0.29, 0.717) is 12.0 Å². The van der Waals surface area contributed by atoms with E-state index >= 15 is 0 Å². The summed E-state index contributed by atoms with van der Waals surface area (Å²) in [6.45, 7) is 0. The Morgan fingerprint density at radius 2 is 2.18 bits per heavy atom. The Labute approximate surface area is 99.5 Å². The zero-order valence-corrected chi connectivity index (χ0v) is 9.89. The van der Waals surface area contributed by atoms with Crippen LogP contribution in [0, 0.1) is 5.82 Å². The third-order valence-corrected chi connectivity index (χ3v) is 2.82. The first-order valence-corrected chi connectivity index (χ1v) is 5.47. The predicted molar refractivity (Wildman–Crippen MR) is 62.9 cm³/mol. The maximum Gasteiger partial charge on any atom is 0.138 e. The standard InChI is InChI=1S/C12H15FN4/c1-14-11(7-12-15-8-16-17(12)2)9-5-3-4-6-10(9)13/h3-6,8,11,14H,7H2,1-2H3. The van der Waals surface area contributed by atoms with E-state index in [9.17, 15) is 4.39 Å². The third kappa shape index (κ3) is 2.50. The van der Waals surface area contributed by atoms with Gasteiger partial charge in [0, 0.05) is 25.1 Å². The quantitative estimate of drug-likeness (QED) is 0.870. The Hall–Kier alpha value is -1.75. The van der Waals surface area contributed by atoms with Crippen LogP contribution in [0.1, 0.15) is 17.4 Å². The number of rotatable bonds is 4. The van der Waals surface area contributed by atoms with Crippen molar-refractivity contribution in [2.75, 3.05) is 7.05 Å². The van der Waals surface area contributed by atoms with Gasteiger partial charge >= 0.3 is 0 Å². The van der Waals surface area contributed by atoms with Crippen LogP contribution in [0.2, 0.25) is 0 Å². The fourth-order valence-corrected chi connectivity index (χ4v) is 1.81. The molecule has 0 spiro atoms. The normalized spacial score (nSPS) is 12.6. The summed E-state index contributed by atoms with van der Waals surface area (Å²) >= 11 is 0. The summed E-state index contributed by atoms with van der Waals surface area (Å²) in [5.41, 5.74) is 0.651. The van der Waals surface area contributed by atoms with Crippen LogP contribution in [-0.4, -0.2) is 21.8 Å². The van der Waals surface area contributed by atoms with Gasteiger partial charge in [-0.2, -0.15) is 5.10 Å². The molecule has 1 atom stereocenters. The molecule has 0 radical (unpaired) electrons. The highest BCUT2D eigenvalue weighted by molar-refractivity contribution is 5.22. The maximum absolute atomic E-state index is 13.7. The minimum atomic E-state index is -0.200. The van der Waals surface area contributed by atoms with Gasteiger partial charge in [-0.3, -0.25) is 4.68 Å². The third-order valence-electron chi connectivity index (χ3n) is 2.82. The predicted octanol–water partition coefficient (Wildman–Crippen LogP) is 1.46. The second-order valence-corrected chi connectivity index (χ2v) is 3.87. The minimum absolute atomic E-state index is 0.0981. The van der Waals surface area contributed by atoms with Crippen LogP contribution in [0.3, 0.4) is 0 Å². The topological polar surface area (TPSA) is 42.7 Å². The van der Waals surface area contributed by atoms with Gasteiger partial charge in [0.25, 0.3) is 0 Å². The van der Waals surface area contributed by atoms with Crippen molar-refractivity contribution in [1.29, 1.82) is 0 Å². The van der Waals surface area contributed by atoms with Gasteiger partial charge in [-0.15, -0.1) is 0 Å². The smallest absolute Gasteiger partial charge is 0.138 e. The molecule has 2 aromatic rings. The molecule has 0 aliphatic heterocycles. The van der Waals surface area contributed by atoms with Crippen LogP contribution in [0.5, 0.6) is 0 Å². The summed E-state index contributed by atoms with van der Waals surface area (Å²) in [6, 6.07) is 6.68. The van der Waals surface area contributed by atoms with Crippen LogP contribution in [0.15, 0.2) is 30.6 Å². The molecule has 1 aromatic carbocycles. The average Bonchev–Trinajstić information content (AvgIpc) is 2.73. The number of hydrogen-bond acceptors (Lipinski definition) is 3. The fraction of sp³-hybridized carbons (Fsp3) is 0.333. The number of likely N-dealkylation sites (N-methyl/N-ethyl adjacent to an activating group) is 1. The Morgan fingerprint density at radius 3 is 2.76 bits per heavy atom. The lowest BCUT2D eigenvalue weighted by Crippen LogP contribution is -2.21. The van der Waals surface area contributed by atoms with Crippen molar-refractivity contribution in [2.45, 2.75) is 12.5 Å². The Kier molecular flexibility index (Phi) is 3.49. The molecule has 4 nitrogen and oxygen atoms in total. The van der Waals surface area contributed by atoms with Gasteiger partial charge in [0.1, 0.15) is 18.0 Å². The van der Waals surface area contributed by atoms with Crippen molar-refractivity contribution >= 4 is 0 Å². The molecule has 5 heteroatoms. The number of halogens is 1. The van der Waals surface area contributed by atoms with E-state index in [1.54, 1.807) is 16.8 Å². The van der Waals surface area contributed by atoms with Crippen molar-refractivity contribution in [3.63, 3.8) is 0 Å². The number of nitrogens with one attached hydrogen (secondary N) is 1. The SMILES string of the molecule is CNC(Cc1ncnn1C)c1ccccc1F. The number of aryl methyl sites for hydroxylation is 1. The van der Waals surface area contributed by atoms with E-state index in [4.69, 9.17) is 0 Å². The van der Waals surface area contributed by atoms with Crippen LogP contribution < -0.4 is 5.32 Å². The molecule has 1 N–H and O–H groups in total. The Morgan fingerprint density at radius 1 is 1.41 bits per heavy atom. The molecule has 0 bridgehead atoms. The summed E-state index contributed by atoms with van der Waals surface area (Å²) in [7, 11) is 3.64. The Balaban J connectivity index is 2.23. The van der Waals surface area contributed by atoms with Gasteiger partial charge in [0.05, 0.1) is 0 Å². The van der Waals surface area contributed by atoms with Crippen molar-refractivity contribution < 1.29 is 4.39 Å². The van der Waals surface area contributed by atoms with Gasteiger partial charge in [-0.1, -0.05) is 18.2 Å².